The van der Waals surface area contributed by atoms with Gasteiger partial charge in [0, 0.05) is 11.1 Å². The summed E-state index contributed by atoms with van der Waals surface area (Å²) in [7, 11) is 2.99. The lowest BCUT2D eigenvalue weighted by Crippen LogP contribution is -2.08. The molecule has 2 aromatic carbocycles. The third kappa shape index (κ3) is 2.95. The Morgan fingerprint density at radius 3 is 2.14 bits per heavy atom. The molecule has 0 aliphatic rings. The van der Waals surface area contributed by atoms with Crippen molar-refractivity contribution in [1.29, 1.82) is 0 Å². The van der Waals surface area contributed by atoms with Crippen LogP contribution in [0.15, 0.2) is 36.4 Å². The third-order valence-corrected chi connectivity index (χ3v) is 3.49. The molecule has 2 N–H and O–H groups in total. The molecule has 0 fully saturated rings. The van der Waals surface area contributed by atoms with Gasteiger partial charge in [-0.2, -0.15) is 0 Å². The summed E-state index contributed by atoms with van der Waals surface area (Å²) in [6, 6.07) is 9.95. The van der Waals surface area contributed by atoms with Gasteiger partial charge in [0.1, 0.15) is 11.5 Å². The average Bonchev–Trinajstić information content (AvgIpc) is 2.59. The number of carbonyl (C=O) groups excluding carboxylic acids is 1. The number of ketones is 1. The molecule has 0 aromatic heterocycles. The molecule has 0 radical (unpaired) electrons. The predicted molar refractivity (Wildman–Crippen MR) is 81.3 cm³/mol. The van der Waals surface area contributed by atoms with E-state index in [1.807, 2.05) is 0 Å². The Morgan fingerprint density at radius 1 is 0.955 bits per heavy atom. The topological polar surface area (TPSA) is 76.0 Å². The minimum Gasteiger partial charge on any atom is -0.497 e. The van der Waals surface area contributed by atoms with Crippen molar-refractivity contribution in [3.63, 3.8) is 0 Å². The number of methoxy groups -OCH3 is 2. The zero-order valence-corrected chi connectivity index (χ0v) is 12.5. The van der Waals surface area contributed by atoms with Crippen LogP contribution in [0, 0.1) is 0 Å². The van der Waals surface area contributed by atoms with Crippen molar-refractivity contribution >= 4 is 5.78 Å². The minimum absolute atomic E-state index is 0.223. The molecule has 0 spiro atoms. The molecule has 5 heteroatoms. The van der Waals surface area contributed by atoms with Crippen LogP contribution in [0.3, 0.4) is 0 Å². The summed E-state index contributed by atoms with van der Waals surface area (Å²) in [4.78, 5) is 12.6. The zero-order valence-electron chi connectivity index (χ0n) is 12.5. The van der Waals surface area contributed by atoms with Crippen molar-refractivity contribution in [2.45, 2.75) is 13.2 Å². The van der Waals surface area contributed by atoms with E-state index in [0.29, 0.717) is 28.0 Å². The smallest absolute Gasteiger partial charge is 0.196 e. The van der Waals surface area contributed by atoms with Crippen LogP contribution in [-0.4, -0.2) is 30.2 Å². The van der Waals surface area contributed by atoms with Crippen LogP contribution in [0.1, 0.15) is 27.0 Å². The van der Waals surface area contributed by atoms with Gasteiger partial charge in [0.25, 0.3) is 0 Å². The van der Waals surface area contributed by atoms with Crippen molar-refractivity contribution in [2.75, 3.05) is 14.2 Å². The van der Waals surface area contributed by atoms with Crippen molar-refractivity contribution in [3.05, 3.63) is 58.7 Å². The Labute approximate surface area is 128 Å². The first-order valence-corrected chi connectivity index (χ1v) is 6.75. The fourth-order valence-electron chi connectivity index (χ4n) is 2.30. The van der Waals surface area contributed by atoms with E-state index in [2.05, 4.69) is 0 Å². The molecule has 2 rings (SSSR count). The van der Waals surface area contributed by atoms with E-state index in [4.69, 9.17) is 9.47 Å². The number of hydrogen-bond donors (Lipinski definition) is 2. The van der Waals surface area contributed by atoms with E-state index >= 15 is 0 Å². The monoisotopic (exact) mass is 302 g/mol. The maximum absolute atomic E-state index is 12.6. The molecule has 0 aliphatic carbocycles. The summed E-state index contributed by atoms with van der Waals surface area (Å²) in [5.74, 6) is 0.726. The number of rotatable bonds is 6. The highest BCUT2D eigenvalue weighted by Crippen LogP contribution is 2.30. The lowest BCUT2D eigenvalue weighted by Gasteiger charge is -2.15. The largest absolute Gasteiger partial charge is 0.497 e. The quantitative estimate of drug-likeness (QED) is 0.797. The summed E-state index contributed by atoms with van der Waals surface area (Å²) >= 11 is 0. The van der Waals surface area contributed by atoms with Gasteiger partial charge in [-0.15, -0.1) is 0 Å². The first kappa shape index (κ1) is 16.0. The van der Waals surface area contributed by atoms with Crippen LogP contribution in [0.25, 0.3) is 0 Å². The first-order chi connectivity index (χ1) is 10.7. The Balaban J connectivity index is 2.48. The van der Waals surface area contributed by atoms with Crippen LogP contribution < -0.4 is 9.47 Å². The van der Waals surface area contributed by atoms with Crippen molar-refractivity contribution in [3.8, 4) is 11.5 Å². The van der Waals surface area contributed by atoms with Crippen LogP contribution in [-0.2, 0) is 13.2 Å². The van der Waals surface area contributed by atoms with Gasteiger partial charge in [-0.05, 0) is 35.9 Å². The number of carbonyl (C=O) groups is 1. The Bertz CT molecular complexity index is 661. The summed E-state index contributed by atoms with van der Waals surface area (Å²) in [5.41, 5.74) is 1.78. The van der Waals surface area contributed by atoms with Gasteiger partial charge in [0.15, 0.2) is 5.78 Å². The molecule has 0 amide bonds. The fraction of sp³-hybridized carbons (Fsp3) is 0.235. The van der Waals surface area contributed by atoms with Crippen LogP contribution in [0.4, 0.5) is 0 Å². The van der Waals surface area contributed by atoms with Gasteiger partial charge in [-0.3, -0.25) is 4.79 Å². The molecule has 0 bridgehead atoms. The van der Waals surface area contributed by atoms with Gasteiger partial charge in [0.05, 0.1) is 33.0 Å². The second-order valence-corrected chi connectivity index (χ2v) is 4.66. The first-order valence-electron chi connectivity index (χ1n) is 6.75. The van der Waals surface area contributed by atoms with Gasteiger partial charge in [-0.1, -0.05) is 6.07 Å². The fourth-order valence-corrected chi connectivity index (χ4v) is 2.30. The maximum atomic E-state index is 12.6. The Morgan fingerprint density at radius 2 is 1.64 bits per heavy atom. The molecule has 0 aliphatic heterocycles. The van der Waals surface area contributed by atoms with Crippen molar-refractivity contribution in [2.24, 2.45) is 0 Å². The lowest BCUT2D eigenvalue weighted by molar-refractivity contribution is 0.103. The molecular formula is C17H18O5. The zero-order chi connectivity index (χ0) is 16.1. The van der Waals surface area contributed by atoms with E-state index in [1.165, 1.54) is 7.11 Å². The van der Waals surface area contributed by atoms with Gasteiger partial charge in [0.2, 0.25) is 0 Å². The second kappa shape index (κ2) is 7.06. The molecule has 22 heavy (non-hydrogen) atoms. The van der Waals surface area contributed by atoms with Gasteiger partial charge < -0.3 is 19.7 Å². The molecule has 0 saturated heterocycles. The highest BCUT2D eigenvalue weighted by molar-refractivity contribution is 6.11. The number of ether oxygens (including phenoxy) is 2. The molecule has 0 unspecified atom stereocenters. The second-order valence-electron chi connectivity index (χ2n) is 4.66. The number of aliphatic hydroxyl groups excluding tert-OH is 2. The summed E-state index contributed by atoms with van der Waals surface area (Å²) < 4.78 is 10.4. The van der Waals surface area contributed by atoms with Gasteiger partial charge >= 0.3 is 0 Å². The van der Waals surface area contributed by atoms with E-state index in [9.17, 15) is 15.0 Å². The number of benzene rings is 2. The molecule has 2 aromatic rings. The molecule has 0 saturated carbocycles. The molecule has 116 valence electrons. The summed E-state index contributed by atoms with van der Waals surface area (Å²) in [5, 5.41) is 18.8. The molecular weight excluding hydrogens is 284 g/mol. The summed E-state index contributed by atoms with van der Waals surface area (Å²) in [6.07, 6.45) is 0. The molecule has 0 heterocycles. The number of hydrogen-bond acceptors (Lipinski definition) is 5. The van der Waals surface area contributed by atoms with Crippen molar-refractivity contribution in [1.82, 2.24) is 0 Å². The van der Waals surface area contributed by atoms with Crippen LogP contribution >= 0.6 is 0 Å². The predicted octanol–water partition coefficient (Wildman–Crippen LogP) is 1.92. The number of aliphatic hydroxyl groups is 2. The van der Waals surface area contributed by atoms with E-state index < -0.39 is 0 Å². The van der Waals surface area contributed by atoms with E-state index in [0.717, 1.165) is 0 Å². The standard InChI is InChI=1S/C17H18O5/c1-21-13-6-3-11(4-7-13)16(20)14-8-5-12(9-18)15(10-19)17(14)22-2/h3-8,18-19H,9-10H2,1-2H3. The highest BCUT2D eigenvalue weighted by Gasteiger charge is 2.19. The van der Waals surface area contributed by atoms with Crippen LogP contribution in [0.2, 0.25) is 0 Å². The third-order valence-electron chi connectivity index (χ3n) is 3.49. The van der Waals surface area contributed by atoms with Crippen LogP contribution in [0.5, 0.6) is 11.5 Å². The highest BCUT2D eigenvalue weighted by atomic mass is 16.5. The molecule has 0 atom stereocenters. The normalized spacial score (nSPS) is 10.4. The lowest BCUT2D eigenvalue weighted by atomic mass is 9.97. The maximum Gasteiger partial charge on any atom is 0.196 e. The van der Waals surface area contributed by atoms with E-state index in [-0.39, 0.29) is 24.7 Å². The minimum atomic E-state index is -0.317. The SMILES string of the molecule is COc1ccc(C(=O)c2ccc(CO)c(CO)c2OC)cc1. The van der Waals surface area contributed by atoms with E-state index in [1.54, 1.807) is 43.5 Å². The van der Waals surface area contributed by atoms with Gasteiger partial charge in [-0.25, -0.2) is 0 Å². The Hall–Kier alpha value is -2.37. The molecule has 5 nitrogen and oxygen atoms in total. The van der Waals surface area contributed by atoms with Crippen molar-refractivity contribution < 1.29 is 24.5 Å². The Kier molecular flexibility index (Phi) is 5.14. The summed E-state index contributed by atoms with van der Waals surface area (Å²) in [6.45, 7) is -0.550. The average molecular weight is 302 g/mol.